The second-order valence-electron chi connectivity index (χ2n) is 7.49. The van der Waals surface area contributed by atoms with Crippen LogP contribution in [0, 0.1) is 0 Å². The number of ketones is 1. The van der Waals surface area contributed by atoms with Crippen LogP contribution in [0.25, 0.3) is 0 Å². The molecule has 1 aromatic heterocycles. The van der Waals surface area contributed by atoms with E-state index in [2.05, 4.69) is 9.97 Å². The van der Waals surface area contributed by atoms with Crippen LogP contribution in [-0.2, 0) is 17.4 Å². The van der Waals surface area contributed by atoms with Crippen molar-refractivity contribution in [3.05, 3.63) is 47.4 Å². The number of hydrogen-bond acceptors (Lipinski definition) is 5. The monoisotopic (exact) mass is 420 g/mol. The SMILES string of the molecule is CC[C@@H]1C(=O)N(C)c2cnc(CC(=O)c3ccc(C(F)(F)F)cc3)nc2N1C(C)C. The molecule has 1 aliphatic heterocycles. The Hall–Kier alpha value is -2.97. The molecule has 1 amide bonds. The van der Waals surface area contributed by atoms with Crippen LogP contribution in [0.2, 0.25) is 0 Å². The second-order valence-corrected chi connectivity index (χ2v) is 7.49. The van der Waals surface area contributed by atoms with E-state index in [0.717, 1.165) is 24.3 Å². The topological polar surface area (TPSA) is 66.4 Å². The molecule has 9 heteroatoms. The van der Waals surface area contributed by atoms with Crippen LogP contribution < -0.4 is 9.80 Å². The van der Waals surface area contributed by atoms with Crippen LogP contribution in [0.5, 0.6) is 0 Å². The number of carbonyl (C=O) groups excluding carboxylic acids is 2. The first-order chi connectivity index (χ1) is 14.0. The minimum absolute atomic E-state index is 0.000264. The highest BCUT2D eigenvalue weighted by atomic mass is 19.4. The third-order valence-corrected chi connectivity index (χ3v) is 5.15. The molecular weight excluding hydrogens is 397 g/mol. The summed E-state index contributed by atoms with van der Waals surface area (Å²) in [6.07, 6.45) is -2.50. The van der Waals surface area contributed by atoms with Crippen LogP contribution in [0.1, 0.15) is 48.9 Å². The number of anilines is 2. The van der Waals surface area contributed by atoms with Gasteiger partial charge in [0.05, 0.1) is 18.2 Å². The molecule has 2 aromatic rings. The van der Waals surface area contributed by atoms with Gasteiger partial charge in [0, 0.05) is 18.7 Å². The van der Waals surface area contributed by atoms with Crippen LogP contribution in [0.4, 0.5) is 24.7 Å². The predicted octanol–water partition coefficient (Wildman–Crippen LogP) is 3.89. The number of aromatic nitrogens is 2. The van der Waals surface area contributed by atoms with Gasteiger partial charge in [-0.05, 0) is 32.4 Å². The summed E-state index contributed by atoms with van der Waals surface area (Å²) in [5, 5.41) is 0. The van der Waals surface area contributed by atoms with Gasteiger partial charge in [-0.1, -0.05) is 19.1 Å². The van der Waals surface area contributed by atoms with Gasteiger partial charge in [-0.15, -0.1) is 0 Å². The van der Waals surface area contributed by atoms with Crippen LogP contribution >= 0.6 is 0 Å². The highest BCUT2D eigenvalue weighted by Gasteiger charge is 2.38. The molecule has 2 heterocycles. The summed E-state index contributed by atoms with van der Waals surface area (Å²) in [6, 6.07) is 3.71. The first-order valence-electron chi connectivity index (χ1n) is 9.66. The van der Waals surface area contributed by atoms with E-state index >= 15 is 0 Å². The molecule has 3 rings (SSSR count). The quantitative estimate of drug-likeness (QED) is 0.687. The Bertz CT molecular complexity index is 958. The molecule has 0 radical (unpaired) electrons. The third kappa shape index (κ3) is 4.01. The summed E-state index contributed by atoms with van der Waals surface area (Å²) >= 11 is 0. The lowest BCUT2D eigenvalue weighted by Gasteiger charge is -2.42. The van der Waals surface area contributed by atoms with Gasteiger partial charge in [-0.3, -0.25) is 9.59 Å². The van der Waals surface area contributed by atoms with Crippen molar-refractivity contribution in [2.24, 2.45) is 0 Å². The third-order valence-electron chi connectivity index (χ3n) is 5.15. The Morgan fingerprint density at radius 3 is 2.37 bits per heavy atom. The molecule has 6 nitrogen and oxygen atoms in total. The lowest BCUT2D eigenvalue weighted by atomic mass is 10.0. The van der Waals surface area contributed by atoms with E-state index in [9.17, 15) is 22.8 Å². The zero-order valence-corrected chi connectivity index (χ0v) is 17.2. The first kappa shape index (κ1) is 21.7. The molecule has 0 fully saturated rings. The summed E-state index contributed by atoms with van der Waals surface area (Å²) in [7, 11) is 1.66. The molecule has 0 saturated heterocycles. The van der Waals surface area contributed by atoms with Crippen molar-refractivity contribution in [2.75, 3.05) is 16.8 Å². The Morgan fingerprint density at radius 1 is 1.20 bits per heavy atom. The highest BCUT2D eigenvalue weighted by Crippen LogP contribution is 2.35. The number of fused-ring (bicyclic) bond motifs is 1. The van der Waals surface area contributed by atoms with Crippen molar-refractivity contribution in [1.82, 2.24) is 9.97 Å². The summed E-state index contributed by atoms with van der Waals surface area (Å²) in [5.41, 5.74) is -0.0946. The number of benzene rings is 1. The van der Waals surface area contributed by atoms with Gasteiger partial charge in [0.1, 0.15) is 17.6 Å². The Balaban J connectivity index is 1.89. The second kappa shape index (κ2) is 8.04. The number of carbonyl (C=O) groups is 2. The fourth-order valence-electron chi connectivity index (χ4n) is 3.59. The molecule has 0 bridgehead atoms. The van der Waals surface area contributed by atoms with Crippen LogP contribution in [-0.4, -0.2) is 40.8 Å². The molecule has 0 saturated carbocycles. The van der Waals surface area contributed by atoms with Crippen molar-refractivity contribution in [3.8, 4) is 0 Å². The number of rotatable bonds is 5. The maximum absolute atomic E-state index is 12.7. The molecule has 1 atom stereocenters. The number of halogens is 3. The van der Waals surface area contributed by atoms with E-state index < -0.39 is 11.7 Å². The molecule has 30 heavy (non-hydrogen) atoms. The summed E-state index contributed by atoms with van der Waals surface area (Å²) in [4.78, 5) is 37.4. The van der Waals surface area contributed by atoms with E-state index in [4.69, 9.17) is 0 Å². The van der Waals surface area contributed by atoms with E-state index in [1.54, 1.807) is 7.05 Å². The standard InChI is InChI=1S/C21H23F3N4O2/c1-5-15-20(30)27(4)16-11-25-18(26-19(16)28(15)12(2)3)10-17(29)13-6-8-14(9-7-13)21(22,23)24/h6-9,11-12,15H,5,10H2,1-4H3/t15-/m1/s1. The van der Waals surface area contributed by atoms with E-state index in [1.807, 2.05) is 25.7 Å². The Kier molecular flexibility index (Phi) is 5.83. The predicted molar refractivity (Wildman–Crippen MR) is 107 cm³/mol. The average Bonchev–Trinajstić information content (AvgIpc) is 2.69. The number of nitrogens with zero attached hydrogens (tertiary/aromatic N) is 4. The first-order valence-corrected chi connectivity index (χ1v) is 9.66. The van der Waals surface area contributed by atoms with E-state index in [0.29, 0.717) is 17.9 Å². The lowest BCUT2D eigenvalue weighted by Crippen LogP contribution is -2.55. The van der Waals surface area contributed by atoms with Crippen LogP contribution in [0.3, 0.4) is 0 Å². The zero-order valence-electron chi connectivity index (χ0n) is 17.2. The average molecular weight is 420 g/mol. The van der Waals surface area contributed by atoms with E-state index in [-0.39, 0.29) is 41.6 Å². The van der Waals surface area contributed by atoms with E-state index in [1.165, 1.54) is 11.1 Å². The van der Waals surface area contributed by atoms with Gasteiger partial charge in [0.25, 0.3) is 0 Å². The molecule has 160 valence electrons. The lowest BCUT2D eigenvalue weighted by molar-refractivity contribution is -0.137. The Labute approximate surface area is 172 Å². The van der Waals surface area contributed by atoms with Crippen LogP contribution in [0.15, 0.2) is 30.5 Å². The smallest absolute Gasteiger partial charge is 0.340 e. The van der Waals surface area contributed by atoms with Gasteiger partial charge in [-0.25, -0.2) is 9.97 Å². The molecule has 0 spiro atoms. The van der Waals surface area contributed by atoms with Gasteiger partial charge in [0.2, 0.25) is 5.91 Å². The van der Waals surface area contributed by atoms with Crippen molar-refractivity contribution in [2.45, 2.75) is 51.9 Å². The van der Waals surface area contributed by atoms with Crippen molar-refractivity contribution < 1.29 is 22.8 Å². The summed E-state index contributed by atoms with van der Waals surface area (Å²) < 4.78 is 38.1. The molecular formula is C21H23F3N4O2. The highest BCUT2D eigenvalue weighted by molar-refractivity contribution is 6.04. The summed E-state index contributed by atoms with van der Waals surface area (Å²) in [6.45, 7) is 5.84. The molecule has 1 aromatic carbocycles. The fraction of sp³-hybridized carbons (Fsp3) is 0.429. The van der Waals surface area contributed by atoms with Gasteiger partial charge >= 0.3 is 6.18 Å². The minimum Gasteiger partial charge on any atom is -0.340 e. The number of Topliss-reactive ketones (excluding diaryl/α,β-unsaturated/α-hetero) is 1. The fourth-order valence-corrected chi connectivity index (χ4v) is 3.59. The van der Waals surface area contributed by atoms with Crippen molar-refractivity contribution in [1.29, 1.82) is 0 Å². The number of alkyl halides is 3. The molecule has 0 aliphatic carbocycles. The molecule has 1 aliphatic rings. The molecule has 0 N–H and O–H groups in total. The van der Waals surface area contributed by atoms with Crippen molar-refractivity contribution in [3.63, 3.8) is 0 Å². The van der Waals surface area contributed by atoms with Gasteiger partial charge in [0.15, 0.2) is 11.6 Å². The minimum atomic E-state index is -4.46. The normalized spacial score (nSPS) is 16.8. The maximum Gasteiger partial charge on any atom is 0.416 e. The maximum atomic E-state index is 12.7. The number of hydrogen-bond donors (Lipinski definition) is 0. The van der Waals surface area contributed by atoms with Crippen molar-refractivity contribution >= 4 is 23.2 Å². The number of amides is 1. The van der Waals surface area contributed by atoms with Gasteiger partial charge < -0.3 is 9.80 Å². The molecule has 0 unspecified atom stereocenters. The number of likely N-dealkylation sites (N-methyl/N-ethyl adjacent to an activating group) is 1. The largest absolute Gasteiger partial charge is 0.416 e. The Morgan fingerprint density at radius 2 is 1.83 bits per heavy atom. The summed E-state index contributed by atoms with van der Waals surface area (Å²) in [5.74, 6) is 0.397. The zero-order chi connectivity index (χ0) is 22.2. The van der Waals surface area contributed by atoms with Gasteiger partial charge in [-0.2, -0.15) is 13.2 Å².